The Labute approximate surface area is 142 Å². The molecule has 1 fully saturated rings. The van der Waals surface area contributed by atoms with Gasteiger partial charge in [-0.15, -0.1) is 0 Å². The van der Waals surface area contributed by atoms with Gasteiger partial charge >= 0.3 is 0 Å². The summed E-state index contributed by atoms with van der Waals surface area (Å²) in [7, 11) is -3.85. The lowest BCUT2D eigenvalue weighted by Gasteiger charge is -2.18. The first-order valence-corrected chi connectivity index (χ1v) is 9.92. The molecule has 1 aromatic rings. The van der Waals surface area contributed by atoms with E-state index in [1.165, 1.54) is 12.1 Å². The quantitative estimate of drug-likeness (QED) is 0.574. The van der Waals surface area contributed by atoms with E-state index in [0.29, 0.717) is 12.5 Å². The maximum Gasteiger partial charge on any atom is 0.242 e. The zero-order valence-corrected chi connectivity index (χ0v) is 15.0. The molecule has 0 heterocycles. The number of rotatable bonds is 5. The predicted molar refractivity (Wildman–Crippen MR) is 86.2 cm³/mol. The van der Waals surface area contributed by atoms with Gasteiger partial charge in [0.1, 0.15) is 4.90 Å². The Morgan fingerprint density at radius 2 is 1.95 bits per heavy atom. The summed E-state index contributed by atoms with van der Waals surface area (Å²) in [5.41, 5.74) is 0. The van der Waals surface area contributed by atoms with Gasteiger partial charge < -0.3 is 0 Å². The van der Waals surface area contributed by atoms with Crippen molar-refractivity contribution in [2.45, 2.75) is 24.2 Å². The van der Waals surface area contributed by atoms with E-state index < -0.39 is 20.9 Å². The minimum Gasteiger partial charge on any atom is -0.211 e. The van der Waals surface area contributed by atoms with Crippen molar-refractivity contribution in [3.63, 3.8) is 0 Å². The first-order chi connectivity index (χ1) is 9.86. The fourth-order valence-electron chi connectivity index (χ4n) is 2.60. The summed E-state index contributed by atoms with van der Waals surface area (Å²) in [6, 6.07) is 2.40. The molecule has 2 rings (SSSR count). The molecular formula is C13H15BrCl2FNO2S. The molecule has 1 aliphatic carbocycles. The van der Waals surface area contributed by atoms with Crippen LogP contribution in [0.25, 0.3) is 0 Å². The number of sulfonamides is 1. The topological polar surface area (TPSA) is 46.2 Å². The molecule has 0 bridgehead atoms. The summed E-state index contributed by atoms with van der Waals surface area (Å²) in [6.07, 6.45) is 3.18. The molecule has 0 aliphatic heterocycles. The lowest BCUT2D eigenvalue weighted by atomic mass is 9.99. The number of alkyl halides is 1. The van der Waals surface area contributed by atoms with E-state index in [4.69, 9.17) is 23.2 Å². The smallest absolute Gasteiger partial charge is 0.211 e. The molecule has 118 valence electrons. The van der Waals surface area contributed by atoms with Crippen molar-refractivity contribution in [1.82, 2.24) is 4.72 Å². The molecular weight excluding hydrogens is 404 g/mol. The number of hydrogen-bond donors (Lipinski definition) is 1. The molecule has 1 saturated carbocycles. The van der Waals surface area contributed by atoms with Crippen LogP contribution in [0.3, 0.4) is 0 Å². The third kappa shape index (κ3) is 3.91. The Balaban J connectivity index is 2.14. The summed E-state index contributed by atoms with van der Waals surface area (Å²) in [5.74, 6) is -0.166. The number of hydrogen-bond acceptors (Lipinski definition) is 2. The Kier molecular flexibility index (Phi) is 5.93. The largest absolute Gasteiger partial charge is 0.242 e. The zero-order chi connectivity index (χ0) is 15.6. The van der Waals surface area contributed by atoms with Gasteiger partial charge in [0.25, 0.3) is 0 Å². The Morgan fingerprint density at radius 1 is 1.29 bits per heavy atom. The van der Waals surface area contributed by atoms with E-state index in [1.54, 1.807) is 0 Å². The van der Waals surface area contributed by atoms with Crippen LogP contribution in [0.15, 0.2) is 17.0 Å². The molecule has 1 aliphatic rings. The summed E-state index contributed by atoms with van der Waals surface area (Å²) in [6.45, 7) is 0.333. The van der Waals surface area contributed by atoms with Crippen LogP contribution in [0.1, 0.15) is 19.3 Å². The fourth-order valence-corrected chi connectivity index (χ4v) is 5.29. The highest BCUT2D eigenvalue weighted by Gasteiger charge is 2.29. The molecule has 0 radical (unpaired) electrons. The van der Waals surface area contributed by atoms with Crippen LogP contribution in [0, 0.1) is 17.7 Å². The Bertz CT molecular complexity index is 627. The third-order valence-corrected chi connectivity index (χ3v) is 6.91. The molecule has 0 amide bonds. The molecule has 0 aromatic heterocycles. The van der Waals surface area contributed by atoms with E-state index in [2.05, 4.69) is 20.7 Å². The predicted octanol–water partition coefficient (Wildman–Crippen LogP) is 4.22. The standard InChI is InChI=1S/C13H15BrCl2FNO2S/c14-6-8-2-1-3-9(8)7-18-21(19,20)11-5-4-10(15)13(17)12(11)16/h4-5,8-9,18H,1-3,6-7H2. The van der Waals surface area contributed by atoms with Gasteiger partial charge in [-0.25, -0.2) is 17.5 Å². The van der Waals surface area contributed by atoms with Crippen LogP contribution in [-0.2, 0) is 10.0 Å². The summed E-state index contributed by atoms with van der Waals surface area (Å²) in [5, 5.41) is 0.183. The van der Waals surface area contributed by atoms with Gasteiger partial charge in [-0.2, -0.15) is 0 Å². The number of benzene rings is 1. The first kappa shape index (κ1) is 17.5. The minimum absolute atomic E-state index is 0.200. The van der Waals surface area contributed by atoms with Crippen LogP contribution in [0.4, 0.5) is 4.39 Å². The Morgan fingerprint density at radius 3 is 2.62 bits per heavy atom. The molecule has 21 heavy (non-hydrogen) atoms. The first-order valence-electron chi connectivity index (χ1n) is 6.56. The van der Waals surface area contributed by atoms with Crippen molar-refractivity contribution < 1.29 is 12.8 Å². The number of nitrogens with one attached hydrogen (secondary N) is 1. The van der Waals surface area contributed by atoms with Gasteiger partial charge in [0.05, 0.1) is 10.0 Å². The van der Waals surface area contributed by atoms with Crippen molar-refractivity contribution in [3.8, 4) is 0 Å². The molecule has 2 atom stereocenters. The second-order valence-corrected chi connectivity index (χ2v) is 8.30. The van der Waals surface area contributed by atoms with Crippen LogP contribution < -0.4 is 4.72 Å². The molecule has 1 aromatic carbocycles. The highest BCUT2D eigenvalue weighted by atomic mass is 79.9. The van der Waals surface area contributed by atoms with Crippen molar-refractivity contribution in [1.29, 1.82) is 0 Å². The highest BCUT2D eigenvalue weighted by molar-refractivity contribution is 9.09. The minimum atomic E-state index is -3.85. The van der Waals surface area contributed by atoms with Gasteiger partial charge in [-0.3, -0.25) is 0 Å². The van der Waals surface area contributed by atoms with E-state index in [0.717, 1.165) is 24.6 Å². The van der Waals surface area contributed by atoms with Crippen molar-refractivity contribution in [2.75, 3.05) is 11.9 Å². The fraction of sp³-hybridized carbons (Fsp3) is 0.538. The van der Waals surface area contributed by atoms with Crippen molar-refractivity contribution in [2.24, 2.45) is 11.8 Å². The zero-order valence-electron chi connectivity index (χ0n) is 11.1. The van der Waals surface area contributed by atoms with Crippen LogP contribution in [-0.4, -0.2) is 20.3 Å². The van der Waals surface area contributed by atoms with Crippen LogP contribution >= 0.6 is 39.1 Å². The van der Waals surface area contributed by atoms with Crippen LogP contribution in [0.2, 0.25) is 10.0 Å². The van der Waals surface area contributed by atoms with Crippen molar-refractivity contribution >= 4 is 49.2 Å². The molecule has 0 saturated heterocycles. The Hall–Kier alpha value is 0.120. The second kappa shape index (κ2) is 7.13. The molecule has 2 unspecified atom stereocenters. The third-order valence-electron chi connectivity index (χ3n) is 3.84. The van der Waals surface area contributed by atoms with Crippen molar-refractivity contribution in [3.05, 3.63) is 28.0 Å². The molecule has 1 N–H and O–H groups in total. The molecule has 0 spiro atoms. The average molecular weight is 419 g/mol. The average Bonchev–Trinajstić information content (AvgIpc) is 2.90. The lowest BCUT2D eigenvalue weighted by Crippen LogP contribution is -2.31. The summed E-state index contributed by atoms with van der Waals surface area (Å²) >= 11 is 14.8. The second-order valence-electron chi connectivity index (χ2n) is 5.13. The highest BCUT2D eigenvalue weighted by Crippen LogP contribution is 2.33. The lowest BCUT2D eigenvalue weighted by molar-refractivity contribution is 0.422. The van der Waals surface area contributed by atoms with E-state index in [1.807, 2.05) is 0 Å². The van der Waals surface area contributed by atoms with Gasteiger partial charge in [0, 0.05) is 11.9 Å². The SMILES string of the molecule is O=S(=O)(NCC1CCCC1CBr)c1ccc(Cl)c(F)c1Cl. The number of halogens is 4. The van der Waals surface area contributed by atoms with E-state index in [-0.39, 0.29) is 15.8 Å². The van der Waals surface area contributed by atoms with Gasteiger partial charge in [0.2, 0.25) is 10.0 Å². The van der Waals surface area contributed by atoms with Gasteiger partial charge in [-0.1, -0.05) is 45.6 Å². The van der Waals surface area contributed by atoms with Gasteiger partial charge in [-0.05, 0) is 36.8 Å². The van der Waals surface area contributed by atoms with E-state index in [9.17, 15) is 12.8 Å². The van der Waals surface area contributed by atoms with Crippen LogP contribution in [0.5, 0.6) is 0 Å². The maximum absolute atomic E-state index is 13.6. The monoisotopic (exact) mass is 417 g/mol. The summed E-state index contributed by atoms with van der Waals surface area (Å²) < 4.78 is 40.6. The summed E-state index contributed by atoms with van der Waals surface area (Å²) in [4.78, 5) is -0.278. The normalized spacial score (nSPS) is 22.7. The molecule has 8 heteroatoms. The van der Waals surface area contributed by atoms with E-state index >= 15 is 0 Å². The molecule has 3 nitrogen and oxygen atoms in total. The maximum atomic E-state index is 13.6. The van der Waals surface area contributed by atoms with Gasteiger partial charge in [0.15, 0.2) is 5.82 Å².